The lowest BCUT2D eigenvalue weighted by atomic mass is 9.87. The van der Waals surface area contributed by atoms with Crippen molar-refractivity contribution in [1.29, 1.82) is 0 Å². The third-order valence-electron chi connectivity index (χ3n) is 5.53. The summed E-state index contributed by atoms with van der Waals surface area (Å²) in [5.41, 5.74) is 5.71. The highest BCUT2D eigenvalue weighted by Crippen LogP contribution is 2.33. The monoisotopic (exact) mass is 347 g/mol. The Bertz CT molecular complexity index is 929. The third kappa shape index (κ3) is 3.12. The summed E-state index contributed by atoms with van der Waals surface area (Å²) >= 11 is 0. The van der Waals surface area contributed by atoms with E-state index in [0.717, 1.165) is 30.3 Å². The minimum atomic E-state index is 0.0799. The smallest absolute Gasteiger partial charge is 0.255 e. The van der Waals surface area contributed by atoms with Crippen molar-refractivity contribution in [3.05, 3.63) is 65.1 Å². The van der Waals surface area contributed by atoms with Gasteiger partial charge in [0, 0.05) is 37.1 Å². The second kappa shape index (κ2) is 6.94. The molecule has 1 aliphatic rings. The van der Waals surface area contributed by atoms with Crippen LogP contribution in [0.1, 0.15) is 40.5 Å². The number of pyridine rings is 1. The highest BCUT2D eigenvalue weighted by Gasteiger charge is 2.23. The van der Waals surface area contributed by atoms with Gasteiger partial charge in [-0.15, -0.1) is 0 Å². The van der Waals surface area contributed by atoms with Crippen LogP contribution in [0, 0.1) is 5.92 Å². The second-order valence-electron chi connectivity index (χ2n) is 7.49. The normalized spacial score (nSPS) is 16.5. The molecule has 1 amide bonds. The number of carbonyl (C=O) groups is 1. The maximum absolute atomic E-state index is 13.1. The second-order valence-corrected chi connectivity index (χ2v) is 7.49. The summed E-state index contributed by atoms with van der Waals surface area (Å²) in [6.07, 6.45) is 7.82. The van der Waals surface area contributed by atoms with Crippen molar-refractivity contribution in [3.63, 3.8) is 0 Å². The van der Waals surface area contributed by atoms with Gasteiger partial charge in [0.2, 0.25) is 0 Å². The largest absolute Gasteiger partial charge is 0.358 e. The SMILES string of the molecule is C[C@@H]1CCc2[nH]c3c(C(=O)N(C)CCc4ccncc4)cccc3c2C1. The van der Waals surface area contributed by atoms with Crippen molar-refractivity contribution in [2.45, 2.75) is 32.6 Å². The van der Waals surface area contributed by atoms with Crippen molar-refractivity contribution < 1.29 is 4.79 Å². The van der Waals surface area contributed by atoms with E-state index in [4.69, 9.17) is 0 Å². The number of amides is 1. The van der Waals surface area contributed by atoms with Crippen LogP contribution in [-0.2, 0) is 19.3 Å². The molecular formula is C22H25N3O. The van der Waals surface area contributed by atoms with E-state index in [1.165, 1.54) is 28.6 Å². The van der Waals surface area contributed by atoms with Crippen molar-refractivity contribution in [3.8, 4) is 0 Å². The van der Waals surface area contributed by atoms with Crippen molar-refractivity contribution in [2.24, 2.45) is 5.92 Å². The zero-order chi connectivity index (χ0) is 18.1. The van der Waals surface area contributed by atoms with Gasteiger partial charge in [-0.25, -0.2) is 0 Å². The van der Waals surface area contributed by atoms with E-state index in [2.05, 4.69) is 23.0 Å². The van der Waals surface area contributed by atoms with Gasteiger partial charge in [0.05, 0.1) is 11.1 Å². The quantitative estimate of drug-likeness (QED) is 0.775. The lowest BCUT2D eigenvalue weighted by Gasteiger charge is -2.18. The number of aryl methyl sites for hydroxylation is 1. The van der Waals surface area contributed by atoms with Crippen molar-refractivity contribution >= 4 is 16.8 Å². The molecule has 0 fully saturated rings. The van der Waals surface area contributed by atoms with Crippen LogP contribution < -0.4 is 0 Å². The summed E-state index contributed by atoms with van der Waals surface area (Å²) in [6, 6.07) is 10.1. The van der Waals surface area contributed by atoms with Crippen LogP contribution in [0.4, 0.5) is 0 Å². The van der Waals surface area contributed by atoms with Crippen LogP contribution in [-0.4, -0.2) is 34.4 Å². The molecule has 0 saturated heterocycles. The Kier molecular flexibility index (Phi) is 4.49. The van der Waals surface area contributed by atoms with Gasteiger partial charge in [0.1, 0.15) is 0 Å². The Balaban J connectivity index is 1.58. The first-order chi connectivity index (χ1) is 12.6. The van der Waals surface area contributed by atoms with E-state index in [1.54, 1.807) is 12.4 Å². The summed E-state index contributed by atoms with van der Waals surface area (Å²) in [6.45, 7) is 3.00. The fourth-order valence-corrected chi connectivity index (χ4v) is 3.95. The molecule has 0 bridgehead atoms. The number of rotatable bonds is 4. The average Bonchev–Trinajstić information content (AvgIpc) is 3.04. The Morgan fingerprint density at radius 2 is 2.08 bits per heavy atom. The maximum atomic E-state index is 13.1. The van der Waals surface area contributed by atoms with Gasteiger partial charge in [-0.3, -0.25) is 9.78 Å². The molecule has 2 aromatic heterocycles. The van der Waals surface area contributed by atoms with E-state index in [-0.39, 0.29) is 5.91 Å². The summed E-state index contributed by atoms with van der Waals surface area (Å²) < 4.78 is 0. The number of H-pyrrole nitrogens is 1. The predicted molar refractivity (Wildman–Crippen MR) is 104 cm³/mol. The summed E-state index contributed by atoms with van der Waals surface area (Å²) in [4.78, 5) is 22.5. The van der Waals surface area contributed by atoms with Gasteiger partial charge >= 0.3 is 0 Å². The molecule has 4 heteroatoms. The molecular weight excluding hydrogens is 322 g/mol. The van der Waals surface area contributed by atoms with Gasteiger partial charge in [-0.2, -0.15) is 0 Å². The lowest BCUT2D eigenvalue weighted by Crippen LogP contribution is -2.29. The first-order valence-electron chi connectivity index (χ1n) is 9.40. The Morgan fingerprint density at radius 1 is 1.27 bits per heavy atom. The molecule has 0 saturated carbocycles. The molecule has 1 N–H and O–H groups in total. The first-order valence-corrected chi connectivity index (χ1v) is 9.40. The highest BCUT2D eigenvalue weighted by molar-refractivity contribution is 6.06. The number of nitrogens with one attached hydrogen (secondary N) is 1. The molecule has 0 unspecified atom stereocenters. The zero-order valence-electron chi connectivity index (χ0n) is 15.5. The van der Waals surface area contributed by atoms with Gasteiger partial charge in [-0.05, 0) is 60.9 Å². The first kappa shape index (κ1) is 16.8. The zero-order valence-corrected chi connectivity index (χ0v) is 15.5. The molecule has 4 nitrogen and oxygen atoms in total. The number of hydrogen-bond acceptors (Lipinski definition) is 2. The van der Waals surface area contributed by atoms with E-state index in [0.29, 0.717) is 12.5 Å². The summed E-state index contributed by atoms with van der Waals surface area (Å²) in [5.74, 6) is 0.792. The molecule has 1 aliphatic carbocycles. The number of fused-ring (bicyclic) bond motifs is 3. The number of nitrogens with zero attached hydrogens (tertiary/aromatic N) is 2. The lowest BCUT2D eigenvalue weighted by molar-refractivity contribution is 0.0798. The Hall–Kier alpha value is -2.62. The summed E-state index contributed by atoms with van der Waals surface area (Å²) in [5, 5.41) is 1.22. The minimum Gasteiger partial charge on any atom is -0.358 e. The number of likely N-dealkylation sites (N-methyl/N-ethyl adjacent to an activating group) is 1. The number of aromatic amines is 1. The van der Waals surface area contributed by atoms with Crippen LogP contribution >= 0.6 is 0 Å². The van der Waals surface area contributed by atoms with Crippen LogP contribution in [0.15, 0.2) is 42.7 Å². The van der Waals surface area contributed by atoms with E-state index in [1.807, 2.05) is 36.2 Å². The molecule has 0 radical (unpaired) electrons. The topological polar surface area (TPSA) is 49.0 Å². The highest BCUT2D eigenvalue weighted by atomic mass is 16.2. The van der Waals surface area contributed by atoms with E-state index >= 15 is 0 Å². The van der Waals surface area contributed by atoms with E-state index in [9.17, 15) is 4.79 Å². The minimum absolute atomic E-state index is 0.0799. The van der Waals surface area contributed by atoms with Gasteiger partial charge in [-0.1, -0.05) is 19.1 Å². The number of hydrogen-bond donors (Lipinski definition) is 1. The molecule has 134 valence electrons. The van der Waals surface area contributed by atoms with Crippen molar-refractivity contribution in [2.75, 3.05) is 13.6 Å². The maximum Gasteiger partial charge on any atom is 0.255 e. The average molecular weight is 347 g/mol. The van der Waals surface area contributed by atoms with Crippen LogP contribution in [0.2, 0.25) is 0 Å². The van der Waals surface area contributed by atoms with Crippen LogP contribution in [0.25, 0.3) is 10.9 Å². The molecule has 26 heavy (non-hydrogen) atoms. The van der Waals surface area contributed by atoms with Gasteiger partial charge < -0.3 is 9.88 Å². The predicted octanol–water partition coefficient (Wildman–Crippen LogP) is 4.00. The fraction of sp³-hybridized carbons (Fsp3) is 0.364. The molecule has 1 atom stereocenters. The number of benzene rings is 1. The molecule has 1 aromatic carbocycles. The summed E-state index contributed by atoms with van der Waals surface area (Å²) in [7, 11) is 1.88. The Morgan fingerprint density at radius 3 is 2.88 bits per heavy atom. The molecule has 3 aromatic rings. The number of carbonyl (C=O) groups excluding carboxylic acids is 1. The third-order valence-corrected chi connectivity index (χ3v) is 5.53. The van der Waals surface area contributed by atoms with E-state index < -0.39 is 0 Å². The molecule has 0 spiro atoms. The fourth-order valence-electron chi connectivity index (χ4n) is 3.95. The number of aromatic nitrogens is 2. The van der Waals surface area contributed by atoms with Gasteiger partial charge in [0.15, 0.2) is 0 Å². The standard InChI is InChI=1S/C22H25N3O/c1-15-6-7-20-19(14-15)17-4-3-5-18(21(17)24-20)22(26)25(2)13-10-16-8-11-23-12-9-16/h3-5,8-9,11-12,15,24H,6-7,10,13-14H2,1-2H3/t15-/m1/s1. The van der Waals surface area contributed by atoms with Crippen LogP contribution in [0.5, 0.6) is 0 Å². The molecule has 0 aliphatic heterocycles. The van der Waals surface area contributed by atoms with Crippen LogP contribution in [0.3, 0.4) is 0 Å². The van der Waals surface area contributed by atoms with Gasteiger partial charge in [0.25, 0.3) is 5.91 Å². The molecule has 4 rings (SSSR count). The molecule has 2 heterocycles. The number of para-hydroxylation sites is 1. The van der Waals surface area contributed by atoms with Crippen molar-refractivity contribution in [1.82, 2.24) is 14.9 Å². The Labute approximate surface area is 154 Å².